The number of hydrogen-bond donors (Lipinski definition) is 2. The highest BCUT2D eigenvalue weighted by Crippen LogP contribution is 2.28. The first kappa shape index (κ1) is 8.69. The van der Waals surface area contributed by atoms with Gasteiger partial charge in [0.1, 0.15) is 0 Å². The van der Waals surface area contributed by atoms with E-state index in [1.54, 1.807) is 11.3 Å². The van der Waals surface area contributed by atoms with Crippen LogP contribution in [0.4, 0.5) is 0 Å². The summed E-state index contributed by atoms with van der Waals surface area (Å²) < 4.78 is 1.20. The third-order valence-corrected chi connectivity index (χ3v) is 3.15. The van der Waals surface area contributed by atoms with Crippen LogP contribution in [0.25, 0.3) is 10.1 Å². The molecule has 0 aliphatic rings. The van der Waals surface area contributed by atoms with E-state index in [9.17, 15) is 0 Å². The van der Waals surface area contributed by atoms with Crippen LogP contribution in [-0.2, 0) is 13.2 Å². The van der Waals surface area contributed by atoms with Crippen LogP contribution in [0.15, 0.2) is 23.6 Å². The molecule has 0 amide bonds. The average molecular weight is 193 g/mol. The summed E-state index contributed by atoms with van der Waals surface area (Å²) in [5.41, 5.74) is 7.72. The third-order valence-electron chi connectivity index (χ3n) is 2.15. The molecule has 13 heavy (non-hydrogen) atoms. The van der Waals surface area contributed by atoms with E-state index in [1.807, 2.05) is 17.5 Å². The van der Waals surface area contributed by atoms with Crippen molar-refractivity contribution in [1.82, 2.24) is 0 Å². The van der Waals surface area contributed by atoms with Gasteiger partial charge in [0.25, 0.3) is 0 Å². The lowest BCUT2D eigenvalue weighted by Crippen LogP contribution is -1.97. The lowest BCUT2D eigenvalue weighted by atomic mass is 10.1. The standard InChI is InChI=1S/C10H11NOS/c11-4-7-2-1-3-9-10(7)8(5-12)6-13-9/h1-3,6,12H,4-5,11H2. The number of aliphatic hydroxyl groups excluding tert-OH is 1. The first-order valence-corrected chi connectivity index (χ1v) is 5.03. The van der Waals surface area contributed by atoms with Crippen LogP contribution in [0.3, 0.4) is 0 Å². The molecule has 0 saturated heterocycles. The molecule has 3 N–H and O–H groups in total. The van der Waals surface area contributed by atoms with Gasteiger partial charge in [0.2, 0.25) is 0 Å². The molecule has 68 valence electrons. The van der Waals surface area contributed by atoms with Gasteiger partial charge in [-0.05, 0) is 22.6 Å². The monoisotopic (exact) mass is 193 g/mol. The second kappa shape index (κ2) is 3.46. The van der Waals surface area contributed by atoms with Crippen LogP contribution in [-0.4, -0.2) is 5.11 Å². The predicted octanol–water partition coefficient (Wildman–Crippen LogP) is 1.85. The van der Waals surface area contributed by atoms with Crippen molar-refractivity contribution in [2.45, 2.75) is 13.2 Å². The van der Waals surface area contributed by atoms with E-state index in [1.165, 1.54) is 4.70 Å². The van der Waals surface area contributed by atoms with Gasteiger partial charge in [-0.3, -0.25) is 0 Å². The molecule has 0 atom stereocenters. The molecule has 0 radical (unpaired) electrons. The predicted molar refractivity (Wildman–Crippen MR) is 55.6 cm³/mol. The van der Waals surface area contributed by atoms with Crippen molar-refractivity contribution in [3.05, 3.63) is 34.7 Å². The lowest BCUT2D eigenvalue weighted by molar-refractivity contribution is 0.283. The van der Waals surface area contributed by atoms with Gasteiger partial charge in [0, 0.05) is 16.6 Å². The van der Waals surface area contributed by atoms with Crippen LogP contribution in [0.1, 0.15) is 11.1 Å². The van der Waals surface area contributed by atoms with E-state index in [0.717, 1.165) is 16.5 Å². The van der Waals surface area contributed by atoms with Crippen molar-refractivity contribution >= 4 is 21.4 Å². The summed E-state index contributed by atoms with van der Waals surface area (Å²) in [6.45, 7) is 0.623. The minimum Gasteiger partial charge on any atom is -0.392 e. The maximum Gasteiger partial charge on any atom is 0.0696 e. The Morgan fingerprint density at radius 3 is 2.85 bits per heavy atom. The molecule has 2 nitrogen and oxygen atoms in total. The van der Waals surface area contributed by atoms with E-state index in [4.69, 9.17) is 10.8 Å². The van der Waals surface area contributed by atoms with Gasteiger partial charge in [-0.25, -0.2) is 0 Å². The molecule has 0 saturated carbocycles. The minimum absolute atomic E-state index is 0.0943. The highest BCUT2D eigenvalue weighted by molar-refractivity contribution is 7.17. The first-order valence-electron chi connectivity index (χ1n) is 4.15. The minimum atomic E-state index is 0.0943. The van der Waals surface area contributed by atoms with Crippen LogP contribution in [0.2, 0.25) is 0 Å². The van der Waals surface area contributed by atoms with Crippen molar-refractivity contribution in [1.29, 1.82) is 0 Å². The van der Waals surface area contributed by atoms with Gasteiger partial charge in [0.05, 0.1) is 6.61 Å². The van der Waals surface area contributed by atoms with Crippen molar-refractivity contribution in [2.24, 2.45) is 5.73 Å². The molecular formula is C10H11NOS. The average Bonchev–Trinajstić information content (AvgIpc) is 2.60. The number of nitrogens with two attached hydrogens (primary N) is 1. The molecule has 1 aromatic heterocycles. The molecule has 1 heterocycles. The molecule has 0 aliphatic heterocycles. The zero-order valence-electron chi connectivity index (χ0n) is 7.16. The van der Waals surface area contributed by atoms with Gasteiger partial charge < -0.3 is 10.8 Å². The molecule has 0 spiro atoms. The van der Waals surface area contributed by atoms with Crippen molar-refractivity contribution < 1.29 is 5.11 Å². The van der Waals surface area contributed by atoms with E-state index in [2.05, 4.69) is 6.07 Å². The fourth-order valence-electron chi connectivity index (χ4n) is 1.52. The topological polar surface area (TPSA) is 46.2 Å². The Morgan fingerprint density at radius 1 is 1.31 bits per heavy atom. The summed E-state index contributed by atoms with van der Waals surface area (Å²) >= 11 is 1.65. The molecule has 2 aromatic rings. The number of hydrogen-bond acceptors (Lipinski definition) is 3. The molecule has 0 fully saturated rings. The second-order valence-corrected chi connectivity index (χ2v) is 3.82. The van der Waals surface area contributed by atoms with E-state index >= 15 is 0 Å². The first-order chi connectivity index (χ1) is 6.36. The Bertz CT molecular complexity index is 422. The zero-order valence-corrected chi connectivity index (χ0v) is 7.97. The SMILES string of the molecule is NCc1cccc2scc(CO)c12. The van der Waals surface area contributed by atoms with Gasteiger partial charge in [0.15, 0.2) is 0 Å². The summed E-state index contributed by atoms with van der Waals surface area (Å²) in [6, 6.07) is 6.06. The highest BCUT2D eigenvalue weighted by Gasteiger charge is 2.06. The third kappa shape index (κ3) is 1.35. The van der Waals surface area contributed by atoms with Gasteiger partial charge >= 0.3 is 0 Å². The Labute approximate surface area is 80.6 Å². The van der Waals surface area contributed by atoms with E-state index < -0.39 is 0 Å². The fourth-order valence-corrected chi connectivity index (χ4v) is 2.52. The van der Waals surface area contributed by atoms with E-state index in [-0.39, 0.29) is 6.61 Å². The normalized spacial score (nSPS) is 10.9. The summed E-state index contributed by atoms with van der Waals surface area (Å²) in [5.74, 6) is 0. The largest absolute Gasteiger partial charge is 0.392 e. The van der Waals surface area contributed by atoms with Gasteiger partial charge in [-0.1, -0.05) is 12.1 Å². The van der Waals surface area contributed by atoms with Crippen molar-refractivity contribution in [3.8, 4) is 0 Å². The zero-order chi connectivity index (χ0) is 9.26. The van der Waals surface area contributed by atoms with Gasteiger partial charge in [-0.2, -0.15) is 0 Å². The van der Waals surface area contributed by atoms with Crippen LogP contribution in [0, 0.1) is 0 Å². The van der Waals surface area contributed by atoms with Crippen LogP contribution < -0.4 is 5.73 Å². The molecule has 0 bridgehead atoms. The summed E-state index contributed by atoms with van der Waals surface area (Å²) in [6.07, 6.45) is 0. The second-order valence-electron chi connectivity index (χ2n) is 2.91. The Kier molecular flexibility index (Phi) is 2.31. The number of aliphatic hydroxyl groups is 1. The fraction of sp³-hybridized carbons (Fsp3) is 0.200. The number of thiophene rings is 1. The summed E-state index contributed by atoms with van der Waals surface area (Å²) in [7, 11) is 0. The molecule has 1 aromatic carbocycles. The Morgan fingerprint density at radius 2 is 2.15 bits per heavy atom. The lowest BCUT2D eigenvalue weighted by Gasteiger charge is -2.01. The highest BCUT2D eigenvalue weighted by atomic mass is 32.1. The number of fused-ring (bicyclic) bond motifs is 1. The summed E-state index contributed by atoms with van der Waals surface area (Å²) in [5, 5.41) is 12.2. The quantitative estimate of drug-likeness (QED) is 0.764. The number of benzene rings is 1. The Hall–Kier alpha value is -0.900. The summed E-state index contributed by atoms with van der Waals surface area (Å²) in [4.78, 5) is 0. The van der Waals surface area contributed by atoms with Crippen LogP contribution >= 0.6 is 11.3 Å². The van der Waals surface area contributed by atoms with Gasteiger partial charge in [-0.15, -0.1) is 11.3 Å². The smallest absolute Gasteiger partial charge is 0.0696 e. The van der Waals surface area contributed by atoms with E-state index in [0.29, 0.717) is 6.54 Å². The molecular weight excluding hydrogens is 182 g/mol. The maximum atomic E-state index is 9.11. The van der Waals surface area contributed by atoms with Crippen LogP contribution in [0.5, 0.6) is 0 Å². The maximum absolute atomic E-state index is 9.11. The van der Waals surface area contributed by atoms with Crippen molar-refractivity contribution in [2.75, 3.05) is 0 Å². The molecule has 0 aliphatic carbocycles. The molecule has 0 unspecified atom stereocenters. The Balaban J connectivity index is 2.76. The van der Waals surface area contributed by atoms with Crippen molar-refractivity contribution in [3.63, 3.8) is 0 Å². The number of rotatable bonds is 2. The molecule has 3 heteroatoms. The molecule has 2 rings (SSSR count).